The molecule has 1 aliphatic heterocycles. The summed E-state index contributed by atoms with van der Waals surface area (Å²) < 4.78 is 0. The Morgan fingerprint density at radius 2 is 2.17 bits per heavy atom. The SMILES string of the molecule is CCC(C)C(N)c1cc(Cl)cc2c1NC(=O)C2C. The van der Waals surface area contributed by atoms with E-state index in [4.69, 9.17) is 17.3 Å². The first-order chi connectivity index (χ1) is 8.45. The topological polar surface area (TPSA) is 55.1 Å². The Kier molecular flexibility index (Phi) is 3.64. The van der Waals surface area contributed by atoms with Crippen LogP contribution >= 0.6 is 11.6 Å². The zero-order valence-electron chi connectivity index (χ0n) is 11.0. The van der Waals surface area contributed by atoms with Crippen LogP contribution in [-0.2, 0) is 4.79 Å². The maximum Gasteiger partial charge on any atom is 0.231 e. The molecule has 0 aromatic heterocycles. The molecule has 3 nitrogen and oxygen atoms in total. The Labute approximate surface area is 113 Å². The number of carbonyl (C=O) groups excluding carboxylic acids is 1. The van der Waals surface area contributed by atoms with Crippen molar-refractivity contribution in [3.63, 3.8) is 0 Å². The summed E-state index contributed by atoms with van der Waals surface area (Å²) in [6, 6.07) is 3.62. The highest BCUT2D eigenvalue weighted by Gasteiger charge is 2.31. The summed E-state index contributed by atoms with van der Waals surface area (Å²) in [5.41, 5.74) is 9.05. The van der Waals surface area contributed by atoms with E-state index in [-0.39, 0.29) is 17.9 Å². The number of carbonyl (C=O) groups is 1. The van der Waals surface area contributed by atoms with E-state index in [1.807, 2.05) is 19.1 Å². The quantitative estimate of drug-likeness (QED) is 0.881. The molecule has 0 spiro atoms. The first-order valence-corrected chi connectivity index (χ1v) is 6.73. The summed E-state index contributed by atoms with van der Waals surface area (Å²) in [6.07, 6.45) is 0.992. The van der Waals surface area contributed by atoms with Crippen LogP contribution in [0.3, 0.4) is 0 Å². The molecule has 0 saturated heterocycles. The minimum Gasteiger partial charge on any atom is -0.325 e. The Morgan fingerprint density at radius 1 is 1.50 bits per heavy atom. The standard InChI is InChI=1S/C14H19ClN2O/c1-4-7(2)12(16)11-6-9(15)5-10-8(3)14(18)17-13(10)11/h5-8,12H,4,16H2,1-3H3,(H,17,18). The van der Waals surface area contributed by atoms with E-state index in [1.165, 1.54) is 0 Å². The minimum atomic E-state index is -0.151. The van der Waals surface area contributed by atoms with Gasteiger partial charge in [0.05, 0.1) is 5.92 Å². The van der Waals surface area contributed by atoms with E-state index in [0.29, 0.717) is 10.9 Å². The fraction of sp³-hybridized carbons (Fsp3) is 0.500. The molecule has 1 amide bonds. The molecule has 1 aliphatic rings. The molecule has 2 rings (SSSR count). The molecule has 18 heavy (non-hydrogen) atoms. The number of nitrogens with one attached hydrogen (secondary N) is 1. The largest absolute Gasteiger partial charge is 0.325 e. The summed E-state index contributed by atoms with van der Waals surface area (Å²) in [4.78, 5) is 11.8. The number of anilines is 1. The van der Waals surface area contributed by atoms with Gasteiger partial charge in [0.25, 0.3) is 0 Å². The molecular formula is C14H19ClN2O. The summed E-state index contributed by atoms with van der Waals surface area (Å²) in [5.74, 6) is 0.215. The molecule has 0 saturated carbocycles. The fourth-order valence-corrected chi connectivity index (χ4v) is 2.57. The average Bonchev–Trinajstić information content (AvgIpc) is 2.63. The molecule has 1 aromatic carbocycles. The molecule has 1 heterocycles. The minimum absolute atomic E-state index is 0.0184. The summed E-state index contributed by atoms with van der Waals surface area (Å²) >= 11 is 6.14. The predicted octanol–water partition coefficient (Wildman–Crippen LogP) is 3.44. The Bertz CT molecular complexity index is 487. The monoisotopic (exact) mass is 266 g/mol. The van der Waals surface area contributed by atoms with Crippen LogP contribution in [0, 0.1) is 5.92 Å². The van der Waals surface area contributed by atoms with Crippen molar-refractivity contribution in [2.75, 3.05) is 5.32 Å². The van der Waals surface area contributed by atoms with Gasteiger partial charge in [-0.1, -0.05) is 31.9 Å². The number of amides is 1. The van der Waals surface area contributed by atoms with Crippen LogP contribution < -0.4 is 11.1 Å². The smallest absolute Gasteiger partial charge is 0.231 e. The third-order valence-corrected chi connectivity index (χ3v) is 4.11. The van der Waals surface area contributed by atoms with Gasteiger partial charge in [0.15, 0.2) is 0 Å². The van der Waals surface area contributed by atoms with Crippen molar-refractivity contribution in [2.45, 2.75) is 39.2 Å². The number of hydrogen-bond donors (Lipinski definition) is 2. The van der Waals surface area contributed by atoms with Crippen LogP contribution in [-0.4, -0.2) is 5.91 Å². The highest BCUT2D eigenvalue weighted by atomic mass is 35.5. The van der Waals surface area contributed by atoms with Crippen LogP contribution in [0.2, 0.25) is 5.02 Å². The average molecular weight is 267 g/mol. The third kappa shape index (κ3) is 2.13. The van der Waals surface area contributed by atoms with Gasteiger partial charge < -0.3 is 11.1 Å². The third-order valence-electron chi connectivity index (χ3n) is 3.89. The van der Waals surface area contributed by atoms with E-state index < -0.39 is 0 Å². The van der Waals surface area contributed by atoms with Gasteiger partial charge in [-0.15, -0.1) is 0 Å². The second-order valence-electron chi connectivity index (χ2n) is 5.08. The second-order valence-corrected chi connectivity index (χ2v) is 5.52. The Hall–Kier alpha value is -1.06. The van der Waals surface area contributed by atoms with Crippen molar-refractivity contribution in [3.8, 4) is 0 Å². The summed E-state index contributed by atoms with van der Waals surface area (Å²) in [5, 5.41) is 3.57. The van der Waals surface area contributed by atoms with Gasteiger partial charge in [0.1, 0.15) is 0 Å². The van der Waals surface area contributed by atoms with E-state index in [2.05, 4.69) is 19.2 Å². The maximum atomic E-state index is 11.8. The highest BCUT2D eigenvalue weighted by molar-refractivity contribution is 6.31. The van der Waals surface area contributed by atoms with Crippen LogP contribution in [0.1, 0.15) is 50.3 Å². The molecule has 0 bridgehead atoms. The van der Waals surface area contributed by atoms with Crippen molar-refractivity contribution in [1.29, 1.82) is 0 Å². The van der Waals surface area contributed by atoms with Gasteiger partial charge >= 0.3 is 0 Å². The Balaban J connectivity index is 2.50. The first kappa shape index (κ1) is 13.4. The van der Waals surface area contributed by atoms with Crippen molar-refractivity contribution < 1.29 is 4.79 Å². The number of nitrogens with two attached hydrogens (primary N) is 1. The van der Waals surface area contributed by atoms with Gasteiger partial charge in [-0.25, -0.2) is 0 Å². The van der Waals surface area contributed by atoms with Crippen LogP contribution in [0.4, 0.5) is 5.69 Å². The van der Waals surface area contributed by atoms with E-state index in [9.17, 15) is 4.79 Å². The van der Waals surface area contributed by atoms with Gasteiger partial charge in [-0.3, -0.25) is 4.79 Å². The molecule has 1 aromatic rings. The van der Waals surface area contributed by atoms with Gasteiger partial charge in [0, 0.05) is 16.8 Å². The molecule has 3 atom stereocenters. The van der Waals surface area contributed by atoms with Crippen LogP contribution in [0.5, 0.6) is 0 Å². The number of fused-ring (bicyclic) bond motifs is 1. The van der Waals surface area contributed by atoms with Crippen LogP contribution in [0.15, 0.2) is 12.1 Å². The molecule has 0 aliphatic carbocycles. The second kappa shape index (κ2) is 4.90. The molecule has 0 fully saturated rings. The molecule has 4 heteroatoms. The normalized spacial score (nSPS) is 21.4. The van der Waals surface area contributed by atoms with E-state index in [1.54, 1.807) is 0 Å². The van der Waals surface area contributed by atoms with Gasteiger partial charge in [-0.2, -0.15) is 0 Å². The fourth-order valence-electron chi connectivity index (χ4n) is 2.33. The van der Waals surface area contributed by atoms with Crippen molar-refractivity contribution in [2.24, 2.45) is 11.7 Å². The molecule has 0 radical (unpaired) electrons. The predicted molar refractivity (Wildman–Crippen MR) is 74.9 cm³/mol. The number of rotatable bonds is 3. The Morgan fingerprint density at radius 3 is 2.78 bits per heavy atom. The lowest BCUT2D eigenvalue weighted by Crippen LogP contribution is -2.20. The number of halogens is 1. The molecule has 3 N–H and O–H groups in total. The van der Waals surface area contributed by atoms with Gasteiger partial charge in [0.2, 0.25) is 5.91 Å². The summed E-state index contributed by atoms with van der Waals surface area (Å²) in [7, 11) is 0. The molecular weight excluding hydrogens is 248 g/mol. The lowest BCUT2D eigenvalue weighted by molar-refractivity contribution is -0.116. The first-order valence-electron chi connectivity index (χ1n) is 6.35. The van der Waals surface area contributed by atoms with Crippen LogP contribution in [0.25, 0.3) is 0 Å². The number of benzene rings is 1. The molecule has 3 unspecified atom stereocenters. The highest BCUT2D eigenvalue weighted by Crippen LogP contribution is 2.40. The van der Waals surface area contributed by atoms with Crippen molar-refractivity contribution in [1.82, 2.24) is 0 Å². The zero-order chi connectivity index (χ0) is 13.4. The van der Waals surface area contributed by atoms with Crippen molar-refractivity contribution >= 4 is 23.2 Å². The lowest BCUT2D eigenvalue weighted by atomic mass is 9.90. The summed E-state index contributed by atoms with van der Waals surface area (Å²) in [6.45, 7) is 6.10. The maximum absolute atomic E-state index is 11.8. The van der Waals surface area contributed by atoms with E-state index >= 15 is 0 Å². The van der Waals surface area contributed by atoms with Crippen molar-refractivity contribution in [3.05, 3.63) is 28.3 Å². The zero-order valence-corrected chi connectivity index (χ0v) is 11.7. The van der Waals surface area contributed by atoms with Gasteiger partial charge in [-0.05, 0) is 36.1 Å². The van der Waals surface area contributed by atoms with E-state index in [0.717, 1.165) is 23.2 Å². The molecule has 98 valence electrons. The lowest BCUT2D eigenvalue weighted by Gasteiger charge is -2.21. The number of hydrogen-bond acceptors (Lipinski definition) is 2.